The minimum atomic E-state index is 0.559. The van der Waals surface area contributed by atoms with Crippen LogP contribution in [0.5, 0.6) is 0 Å². The van der Waals surface area contributed by atoms with Crippen molar-refractivity contribution in [3.63, 3.8) is 0 Å². The third kappa shape index (κ3) is 3.03. The van der Waals surface area contributed by atoms with Gasteiger partial charge in [0, 0.05) is 18.7 Å². The van der Waals surface area contributed by atoms with Crippen molar-refractivity contribution in [3.8, 4) is 11.3 Å². The quantitative estimate of drug-likeness (QED) is 0.780. The van der Waals surface area contributed by atoms with Gasteiger partial charge < -0.3 is 14.7 Å². The fourth-order valence-electron chi connectivity index (χ4n) is 2.14. The molecular formula is C16H18N4O. The Hall–Kier alpha value is -2.40. The zero-order chi connectivity index (χ0) is 14.7. The van der Waals surface area contributed by atoms with Crippen molar-refractivity contribution >= 4 is 16.9 Å². The van der Waals surface area contributed by atoms with Gasteiger partial charge in [-0.2, -0.15) is 4.98 Å². The Balaban J connectivity index is 1.84. The van der Waals surface area contributed by atoms with Gasteiger partial charge in [-0.1, -0.05) is 35.5 Å². The van der Waals surface area contributed by atoms with E-state index in [0.29, 0.717) is 5.71 Å². The van der Waals surface area contributed by atoms with Crippen LogP contribution in [0, 0.1) is 0 Å². The molecule has 0 saturated heterocycles. The molecule has 5 nitrogen and oxygen atoms in total. The number of pyridine rings is 1. The highest BCUT2D eigenvalue weighted by Crippen LogP contribution is 2.27. The number of hydrogen-bond donors (Lipinski definition) is 1. The summed E-state index contributed by atoms with van der Waals surface area (Å²) in [5.74, 6) is 0.806. The summed E-state index contributed by atoms with van der Waals surface area (Å²) in [6.07, 6.45) is 0. The van der Waals surface area contributed by atoms with E-state index in [4.69, 9.17) is 4.52 Å². The average Bonchev–Trinajstić information content (AvgIpc) is 2.91. The number of likely N-dealkylation sites (N-methyl/N-ethyl adjacent to an activating group) is 1. The van der Waals surface area contributed by atoms with Gasteiger partial charge in [0.2, 0.25) is 0 Å². The van der Waals surface area contributed by atoms with Crippen molar-refractivity contribution in [1.82, 2.24) is 15.0 Å². The molecule has 0 aliphatic rings. The van der Waals surface area contributed by atoms with Crippen molar-refractivity contribution in [2.75, 3.05) is 32.5 Å². The number of hydrogen-bond acceptors (Lipinski definition) is 5. The first-order valence-corrected chi connectivity index (χ1v) is 6.94. The largest absolute Gasteiger partial charge is 0.369 e. The maximum atomic E-state index is 5.36. The number of nitrogens with one attached hydrogen (secondary N) is 1. The van der Waals surface area contributed by atoms with Gasteiger partial charge >= 0.3 is 0 Å². The third-order valence-corrected chi connectivity index (χ3v) is 3.25. The molecule has 0 spiro atoms. The van der Waals surface area contributed by atoms with E-state index in [1.807, 2.05) is 56.6 Å². The van der Waals surface area contributed by atoms with Crippen LogP contribution < -0.4 is 5.32 Å². The van der Waals surface area contributed by atoms with E-state index in [1.54, 1.807) is 0 Å². The summed E-state index contributed by atoms with van der Waals surface area (Å²) >= 11 is 0. The summed E-state index contributed by atoms with van der Waals surface area (Å²) < 4.78 is 5.36. The topological polar surface area (TPSA) is 54.2 Å². The van der Waals surface area contributed by atoms with Crippen LogP contribution in [0.2, 0.25) is 0 Å². The molecule has 0 fully saturated rings. The number of fused-ring (bicyclic) bond motifs is 1. The van der Waals surface area contributed by atoms with E-state index < -0.39 is 0 Å². The fourth-order valence-corrected chi connectivity index (χ4v) is 2.14. The summed E-state index contributed by atoms with van der Waals surface area (Å²) in [5, 5.41) is 8.35. The maximum Gasteiger partial charge on any atom is 0.260 e. The van der Waals surface area contributed by atoms with Crippen LogP contribution in [0.25, 0.3) is 22.4 Å². The van der Waals surface area contributed by atoms with E-state index >= 15 is 0 Å². The summed E-state index contributed by atoms with van der Waals surface area (Å²) in [6, 6.07) is 13.9. The van der Waals surface area contributed by atoms with Gasteiger partial charge in [0.05, 0.1) is 5.39 Å². The second-order valence-electron chi connectivity index (χ2n) is 5.18. The van der Waals surface area contributed by atoms with Crippen molar-refractivity contribution in [1.29, 1.82) is 0 Å². The highest BCUT2D eigenvalue weighted by molar-refractivity contribution is 5.90. The molecule has 1 N–H and O–H groups in total. The molecular weight excluding hydrogens is 264 g/mol. The van der Waals surface area contributed by atoms with Crippen LogP contribution in [-0.4, -0.2) is 42.2 Å². The van der Waals surface area contributed by atoms with Crippen LogP contribution in [0.4, 0.5) is 5.82 Å². The molecule has 21 heavy (non-hydrogen) atoms. The molecule has 0 amide bonds. The van der Waals surface area contributed by atoms with E-state index in [2.05, 4.69) is 20.4 Å². The Bertz CT molecular complexity index is 721. The smallest absolute Gasteiger partial charge is 0.260 e. The minimum absolute atomic E-state index is 0.559. The second-order valence-corrected chi connectivity index (χ2v) is 5.18. The molecule has 3 rings (SSSR count). The maximum absolute atomic E-state index is 5.36. The van der Waals surface area contributed by atoms with Crippen molar-refractivity contribution in [2.45, 2.75) is 0 Å². The molecule has 2 aromatic heterocycles. The number of benzene rings is 1. The highest BCUT2D eigenvalue weighted by atomic mass is 16.5. The van der Waals surface area contributed by atoms with Crippen LogP contribution in [0.3, 0.4) is 0 Å². The molecule has 1 aromatic carbocycles. The molecule has 3 aromatic rings. The summed E-state index contributed by atoms with van der Waals surface area (Å²) in [5.41, 5.74) is 2.42. The van der Waals surface area contributed by atoms with E-state index in [0.717, 1.165) is 35.6 Å². The Morgan fingerprint density at radius 2 is 1.90 bits per heavy atom. The van der Waals surface area contributed by atoms with E-state index in [9.17, 15) is 0 Å². The van der Waals surface area contributed by atoms with Crippen molar-refractivity contribution < 1.29 is 4.52 Å². The van der Waals surface area contributed by atoms with Gasteiger partial charge in [-0.05, 0) is 26.2 Å². The summed E-state index contributed by atoms with van der Waals surface area (Å²) in [4.78, 5) is 6.58. The number of anilines is 1. The van der Waals surface area contributed by atoms with Gasteiger partial charge in [-0.15, -0.1) is 0 Å². The molecule has 0 saturated carbocycles. The average molecular weight is 282 g/mol. The zero-order valence-electron chi connectivity index (χ0n) is 12.2. The lowest BCUT2D eigenvalue weighted by molar-refractivity contribution is 0.425. The molecule has 0 atom stereocenters. The molecule has 0 bridgehead atoms. The van der Waals surface area contributed by atoms with Crippen LogP contribution in [-0.2, 0) is 0 Å². The molecule has 2 heterocycles. The van der Waals surface area contributed by atoms with Crippen molar-refractivity contribution in [2.24, 2.45) is 0 Å². The van der Waals surface area contributed by atoms with Crippen LogP contribution in [0.15, 0.2) is 47.0 Å². The SMILES string of the molecule is CN(C)CCNc1ccc2c(-c3ccccc3)noc2n1. The zero-order valence-corrected chi connectivity index (χ0v) is 12.2. The van der Waals surface area contributed by atoms with Gasteiger partial charge in [0.15, 0.2) is 0 Å². The fraction of sp³-hybridized carbons (Fsp3) is 0.250. The van der Waals surface area contributed by atoms with Gasteiger partial charge in [-0.3, -0.25) is 0 Å². The number of rotatable bonds is 5. The predicted octanol–water partition coefficient (Wildman–Crippen LogP) is 2.86. The lowest BCUT2D eigenvalue weighted by atomic mass is 10.1. The Morgan fingerprint density at radius 3 is 2.67 bits per heavy atom. The first-order chi connectivity index (χ1) is 10.2. The molecule has 0 aliphatic carbocycles. The predicted molar refractivity (Wildman–Crippen MR) is 84.3 cm³/mol. The molecule has 108 valence electrons. The number of aromatic nitrogens is 2. The Labute approximate surface area is 123 Å². The molecule has 0 unspecified atom stereocenters. The van der Waals surface area contributed by atoms with E-state index in [1.165, 1.54) is 0 Å². The van der Waals surface area contributed by atoms with Gasteiger partial charge in [-0.25, -0.2) is 0 Å². The standard InChI is InChI=1S/C16H18N4O/c1-20(2)11-10-17-14-9-8-13-15(19-21-16(13)18-14)12-6-4-3-5-7-12/h3-9H,10-11H2,1-2H3,(H,17,18). The minimum Gasteiger partial charge on any atom is -0.369 e. The first kappa shape index (κ1) is 13.6. The normalized spacial score (nSPS) is 11.2. The third-order valence-electron chi connectivity index (χ3n) is 3.25. The number of nitrogens with zero attached hydrogens (tertiary/aromatic N) is 3. The Kier molecular flexibility index (Phi) is 3.83. The molecule has 0 aliphatic heterocycles. The van der Waals surface area contributed by atoms with Crippen molar-refractivity contribution in [3.05, 3.63) is 42.5 Å². The van der Waals surface area contributed by atoms with Crippen LogP contribution in [0.1, 0.15) is 0 Å². The lowest BCUT2D eigenvalue weighted by Crippen LogP contribution is -2.21. The van der Waals surface area contributed by atoms with Gasteiger partial charge in [0.1, 0.15) is 11.5 Å². The second kappa shape index (κ2) is 5.93. The van der Waals surface area contributed by atoms with Crippen LogP contribution >= 0.6 is 0 Å². The molecule has 0 radical (unpaired) electrons. The summed E-state index contributed by atoms with van der Waals surface area (Å²) in [7, 11) is 4.09. The Morgan fingerprint density at radius 1 is 1.10 bits per heavy atom. The summed E-state index contributed by atoms with van der Waals surface area (Å²) in [6.45, 7) is 1.79. The van der Waals surface area contributed by atoms with Gasteiger partial charge in [0.25, 0.3) is 5.71 Å². The lowest BCUT2D eigenvalue weighted by Gasteiger charge is -2.10. The molecule has 5 heteroatoms. The monoisotopic (exact) mass is 282 g/mol. The first-order valence-electron chi connectivity index (χ1n) is 6.94. The van der Waals surface area contributed by atoms with E-state index in [-0.39, 0.29) is 0 Å². The highest BCUT2D eigenvalue weighted by Gasteiger charge is 2.11.